The first-order chi connectivity index (χ1) is 15.5. The van der Waals surface area contributed by atoms with Crippen molar-refractivity contribution in [1.29, 1.82) is 5.41 Å². The minimum atomic E-state index is -1.19. The van der Waals surface area contributed by atoms with Crippen LogP contribution >= 0.6 is 0 Å². The number of nitrogens with zero attached hydrogens (tertiary/aromatic N) is 5. The van der Waals surface area contributed by atoms with E-state index in [1.54, 1.807) is 24.4 Å². The van der Waals surface area contributed by atoms with E-state index in [2.05, 4.69) is 20.4 Å². The van der Waals surface area contributed by atoms with Crippen LogP contribution in [0.1, 0.15) is 12.0 Å². The molecule has 2 aliphatic rings. The molecule has 32 heavy (non-hydrogen) atoms. The molecule has 2 N–H and O–H groups in total. The van der Waals surface area contributed by atoms with Gasteiger partial charge in [-0.25, -0.2) is 19.0 Å². The van der Waals surface area contributed by atoms with Crippen molar-refractivity contribution in [1.82, 2.24) is 30.0 Å². The molecule has 164 valence electrons. The molecule has 10 nitrogen and oxygen atoms in total. The Bertz CT molecular complexity index is 1190. The maximum Gasteiger partial charge on any atom is 0.235 e. The number of hydrogen-bond donors (Lipinski definition) is 2. The first-order valence-electron chi connectivity index (χ1n) is 9.99. The van der Waals surface area contributed by atoms with Crippen molar-refractivity contribution in [3.8, 4) is 17.3 Å². The lowest BCUT2D eigenvalue weighted by atomic mass is 9.73. The molecule has 11 heteroatoms. The molecule has 1 aromatic carbocycles. The van der Waals surface area contributed by atoms with Gasteiger partial charge in [-0.3, -0.25) is 15.1 Å². The van der Waals surface area contributed by atoms with E-state index in [-0.39, 0.29) is 24.0 Å². The highest BCUT2D eigenvalue weighted by molar-refractivity contribution is 6.00. The van der Waals surface area contributed by atoms with E-state index in [9.17, 15) is 4.79 Å². The van der Waals surface area contributed by atoms with E-state index in [1.807, 2.05) is 0 Å². The predicted molar refractivity (Wildman–Crippen MR) is 110 cm³/mol. The summed E-state index contributed by atoms with van der Waals surface area (Å²) in [5.41, 5.74) is -0.969. The van der Waals surface area contributed by atoms with Crippen LogP contribution in [0.15, 0.2) is 49.2 Å². The monoisotopic (exact) mass is 437 g/mol. The Morgan fingerprint density at radius 2 is 2.16 bits per heavy atom. The topological polar surface area (TPSA) is 118 Å². The zero-order valence-corrected chi connectivity index (χ0v) is 17.2. The molecule has 2 aliphatic heterocycles. The molecule has 0 aliphatic carbocycles. The molecule has 2 aromatic heterocycles. The molecule has 0 spiro atoms. The van der Waals surface area contributed by atoms with Crippen LogP contribution in [0.25, 0.3) is 5.82 Å². The van der Waals surface area contributed by atoms with Crippen LogP contribution < -0.4 is 10.1 Å². The summed E-state index contributed by atoms with van der Waals surface area (Å²) in [4.78, 5) is 22.3. The Labute approximate surface area is 182 Å². The molecule has 3 aromatic rings. The summed E-state index contributed by atoms with van der Waals surface area (Å²) in [6.07, 6.45) is 4.90. The standard InChI is InChI=1S/C21H20FN7O3/c1-28-19(30)15-5-7-31-10-21(15,27-20(28)23)16-8-13(2-3-17(16)22)32-14-4-6-25-18(9-14)29-12-24-11-26-29/h2-4,6,8-9,11-12,15H,5,7,10H2,1H3,(H2,23,27). The SMILES string of the molecule is CN1C(=N)NC2(c3cc(Oc4ccnc(-n5cncn5)c4)ccc3F)COCCC2C1=O. The number of benzene rings is 1. The van der Waals surface area contributed by atoms with Gasteiger partial charge in [-0.05, 0) is 30.7 Å². The Kier molecular flexibility index (Phi) is 4.82. The average Bonchev–Trinajstić information content (AvgIpc) is 3.34. The van der Waals surface area contributed by atoms with Crippen LogP contribution in [0.2, 0.25) is 0 Å². The second-order valence-electron chi connectivity index (χ2n) is 7.67. The zero-order chi connectivity index (χ0) is 22.3. The van der Waals surface area contributed by atoms with Crippen molar-refractivity contribution in [3.63, 3.8) is 0 Å². The third kappa shape index (κ3) is 3.26. The Hall–Kier alpha value is -3.86. The van der Waals surface area contributed by atoms with Crippen molar-refractivity contribution < 1.29 is 18.7 Å². The summed E-state index contributed by atoms with van der Waals surface area (Å²) in [5.74, 6) is -0.0719. The number of halogens is 1. The maximum atomic E-state index is 15.1. The van der Waals surface area contributed by atoms with Crippen LogP contribution in [0.5, 0.6) is 11.5 Å². The lowest BCUT2D eigenvalue weighted by Gasteiger charge is -2.49. The number of fused-ring (bicyclic) bond motifs is 1. The minimum absolute atomic E-state index is 0.0612. The van der Waals surface area contributed by atoms with Crippen molar-refractivity contribution in [2.75, 3.05) is 20.3 Å². The summed E-state index contributed by atoms with van der Waals surface area (Å²) >= 11 is 0. The highest BCUT2D eigenvalue weighted by Gasteiger charge is 2.53. The van der Waals surface area contributed by atoms with Crippen LogP contribution in [0.4, 0.5) is 4.39 Å². The molecule has 1 amide bonds. The predicted octanol–water partition coefficient (Wildman–Crippen LogP) is 1.82. The molecule has 2 fully saturated rings. The van der Waals surface area contributed by atoms with Crippen LogP contribution in [-0.2, 0) is 15.1 Å². The lowest BCUT2D eigenvalue weighted by Crippen LogP contribution is -2.68. The number of carbonyl (C=O) groups excluding carboxylic acids is 1. The molecule has 4 heterocycles. The maximum absolute atomic E-state index is 15.1. The summed E-state index contributed by atoms with van der Waals surface area (Å²) < 4.78 is 28.2. The van der Waals surface area contributed by atoms with Crippen LogP contribution in [0, 0.1) is 17.1 Å². The molecular formula is C21H20FN7O3. The molecule has 0 radical (unpaired) electrons. The van der Waals surface area contributed by atoms with Gasteiger partial charge in [0.1, 0.15) is 35.5 Å². The quantitative estimate of drug-likeness (QED) is 0.639. The fourth-order valence-corrected chi connectivity index (χ4v) is 4.17. The van der Waals surface area contributed by atoms with Gasteiger partial charge in [-0.1, -0.05) is 0 Å². The second-order valence-corrected chi connectivity index (χ2v) is 7.67. The number of ether oxygens (including phenoxy) is 2. The molecule has 2 atom stereocenters. The van der Waals surface area contributed by atoms with Crippen LogP contribution in [0.3, 0.4) is 0 Å². The van der Waals surface area contributed by atoms with Gasteiger partial charge in [-0.15, -0.1) is 0 Å². The number of guanidine groups is 1. The number of rotatable bonds is 4. The van der Waals surface area contributed by atoms with Crippen molar-refractivity contribution >= 4 is 11.9 Å². The van der Waals surface area contributed by atoms with Gasteiger partial charge in [0, 0.05) is 31.5 Å². The number of amides is 1. The Morgan fingerprint density at radius 3 is 2.97 bits per heavy atom. The van der Waals surface area contributed by atoms with E-state index in [0.29, 0.717) is 30.3 Å². The normalized spacial score (nSPS) is 22.9. The van der Waals surface area contributed by atoms with E-state index >= 15 is 4.39 Å². The second kappa shape index (κ2) is 7.68. The number of pyridine rings is 1. The Morgan fingerprint density at radius 1 is 1.31 bits per heavy atom. The first-order valence-corrected chi connectivity index (χ1v) is 9.99. The third-order valence-electron chi connectivity index (χ3n) is 5.81. The van der Waals surface area contributed by atoms with Gasteiger partial charge >= 0.3 is 0 Å². The van der Waals surface area contributed by atoms with Gasteiger partial charge in [0.15, 0.2) is 11.8 Å². The molecule has 0 saturated carbocycles. The van der Waals surface area contributed by atoms with E-state index < -0.39 is 17.3 Å². The number of nitrogens with one attached hydrogen (secondary N) is 2. The van der Waals surface area contributed by atoms with E-state index in [0.717, 1.165) is 0 Å². The number of carbonyl (C=O) groups is 1. The van der Waals surface area contributed by atoms with Gasteiger partial charge < -0.3 is 14.8 Å². The summed E-state index contributed by atoms with van der Waals surface area (Å²) in [5, 5.41) is 15.3. The average molecular weight is 437 g/mol. The molecule has 2 saturated heterocycles. The van der Waals surface area contributed by atoms with Gasteiger partial charge in [0.25, 0.3) is 0 Å². The fourth-order valence-electron chi connectivity index (χ4n) is 4.17. The fraction of sp³-hybridized carbons (Fsp3) is 0.286. The lowest BCUT2D eigenvalue weighted by molar-refractivity contribution is -0.143. The summed E-state index contributed by atoms with van der Waals surface area (Å²) in [7, 11) is 1.53. The van der Waals surface area contributed by atoms with Gasteiger partial charge in [0.2, 0.25) is 5.91 Å². The Balaban J connectivity index is 1.51. The van der Waals surface area contributed by atoms with E-state index in [1.165, 1.54) is 41.4 Å². The van der Waals surface area contributed by atoms with Gasteiger partial charge in [0.05, 0.1) is 12.5 Å². The van der Waals surface area contributed by atoms with Crippen LogP contribution in [-0.4, -0.2) is 56.8 Å². The number of aromatic nitrogens is 4. The number of hydrogen-bond acceptors (Lipinski definition) is 7. The highest BCUT2D eigenvalue weighted by Crippen LogP contribution is 2.42. The first kappa shape index (κ1) is 20.1. The molecule has 5 rings (SSSR count). The largest absolute Gasteiger partial charge is 0.457 e. The third-order valence-corrected chi connectivity index (χ3v) is 5.81. The molecule has 2 unspecified atom stereocenters. The molecular weight excluding hydrogens is 417 g/mol. The van der Waals surface area contributed by atoms with Gasteiger partial charge in [-0.2, -0.15) is 5.10 Å². The zero-order valence-electron chi connectivity index (χ0n) is 17.2. The van der Waals surface area contributed by atoms with Crippen molar-refractivity contribution in [2.45, 2.75) is 12.0 Å². The van der Waals surface area contributed by atoms with Crippen molar-refractivity contribution in [3.05, 3.63) is 60.6 Å². The molecule has 0 bridgehead atoms. The summed E-state index contributed by atoms with van der Waals surface area (Å²) in [6.45, 7) is 0.451. The minimum Gasteiger partial charge on any atom is -0.457 e. The smallest absolute Gasteiger partial charge is 0.235 e. The van der Waals surface area contributed by atoms with Crippen molar-refractivity contribution in [2.24, 2.45) is 5.92 Å². The highest BCUT2D eigenvalue weighted by atomic mass is 19.1. The summed E-state index contributed by atoms with van der Waals surface area (Å²) in [6, 6.07) is 7.69. The van der Waals surface area contributed by atoms with E-state index in [4.69, 9.17) is 14.9 Å².